The lowest BCUT2D eigenvalue weighted by Gasteiger charge is -2.23. The maximum Gasteiger partial charge on any atom is 0.471 e. The molecule has 1 aliphatic rings. The van der Waals surface area contributed by atoms with Crippen LogP contribution in [0.2, 0.25) is 0 Å². The van der Waals surface area contributed by atoms with Gasteiger partial charge in [-0.25, -0.2) is 4.57 Å². The second kappa shape index (κ2) is 3.40. The van der Waals surface area contributed by atoms with Gasteiger partial charge in [-0.15, -0.1) is 0 Å². The van der Waals surface area contributed by atoms with Gasteiger partial charge in [0, 0.05) is 12.8 Å². The molecule has 0 unspecified atom stereocenters. The summed E-state index contributed by atoms with van der Waals surface area (Å²) in [5, 5.41) is 0. The molecule has 1 aromatic rings. The number of hydrogen-bond acceptors (Lipinski definition) is 3. The molecule has 1 aromatic carbocycles. The number of phosphoric ester groups is 1. The fourth-order valence-electron chi connectivity index (χ4n) is 1.91. The van der Waals surface area contributed by atoms with Gasteiger partial charge < -0.3 is 15.5 Å². The predicted octanol–water partition coefficient (Wildman–Crippen LogP) is 0.549. The number of phosphoric acid groups is 1. The highest BCUT2D eigenvalue weighted by Gasteiger charge is 2.39. The highest BCUT2D eigenvalue weighted by molar-refractivity contribution is 7.46. The molecule has 6 heteroatoms. The average molecular weight is 229 g/mol. The first-order chi connectivity index (χ1) is 6.88. The van der Waals surface area contributed by atoms with E-state index in [4.69, 9.17) is 15.5 Å². The normalized spacial score (nSPS) is 18.9. The Morgan fingerprint density at radius 3 is 2.13 bits per heavy atom. The Morgan fingerprint density at radius 1 is 1.27 bits per heavy atom. The highest BCUT2D eigenvalue weighted by Crippen LogP contribution is 2.44. The largest absolute Gasteiger partial charge is 0.471 e. The molecule has 0 radical (unpaired) electrons. The summed E-state index contributed by atoms with van der Waals surface area (Å²) in [6.45, 7) is 0. The third-order valence-electron chi connectivity index (χ3n) is 2.40. The fourth-order valence-corrected chi connectivity index (χ4v) is 2.51. The van der Waals surface area contributed by atoms with Crippen molar-refractivity contribution in [2.75, 3.05) is 0 Å². The van der Waals surface area contributed by atoms with E-state index in [9.17, 15) is 4.57 Å². The summed E-state index contributed by atoms with van der Waals surface area (Å²) >= 11 is 0. The van der Waals surface area contributed by atoms with Gasteiger partial charge in [-0.1, -0.05) is 24.3 Å². The Morgan fingerprint density at radius 2 is 1.73 bits per heavy atom. The first-order valence-corrected chi connectivity index (χ1v) is 6.03. The molecule has 0 saturated heterocycles. The van der Waals surface area contributed by atoms with Crippen molar-refractivity contribution in [2.45, 2.75) is 18.6 Å². The maximum atomic E-state index is 10.7. The van der Waals surface area contributed by atoms with E-state index in [0.29, 0.717) is 12.8 Å². The van der Waals surface area contributed by atoms with Crippen LogP contribution in [-0.4, -0.2) is 15.5 Å². The summed E-state index contributed by atoms with van der Waals surface area (Å²) in [7, 11) is -4.53. The molecule has 0 atom stereocenters. The Bertz CT molecular complexity index is 403. The summed E-state index contributed by atoms with van der Waals surface area (Å²) < 4.78 is 15.3. The lowest BCUT2D eigenvalue weighted by Crippen LogP contribution is -2.42. The summed E-state index contributed by atoms with van der Waals surface area (Å²) in [5.41, 5.74) is 6.47. The van der Waals surface area contributed by atoms with E-state index >= 15 is 0 Å². The average Bonchev–Trinajstić information content (AvgIpc) is 2.35. The zero-order chi connectivity index (χ0) is 11.1. The minimum absolute atomic E-state index is 0.328. The second-order valence-corrected chi connectivity index (χ2v) is 4.93. The molecule has 2 rings (SSSR count). The van der Waals surface area contributed by atoms with Gasteiger partial charge in [-0.3, -0.25) is 4.52 Å². The van der Waals surface area contributed by atoms with Crippen molar-refractivity contribution in [3.8, 4) is 0 Å². The SMILES string of the molecule is NC1(OP(=O)(O)O)Cc2ccccc2C1. The molecule has 0 aromatic heterocycles. The fraction of sp³-hybridized carbons (Fsp3) is 0.333. The van der Waals surface area contributed by atoms with Gasteiger partial charge in [-0.2, -0.15) is 0 Å². The first-order valence-electron chi connectivity index (χ1n) is 4.50. The van der Waals surface area contributed by atoms with Gasteiger partial charge in [0.2, 0.25) is 0 Å². The summed E-state index contributed by atoms with van der Waals surface area (Å²) in [5.74, 6) is 0. The molecular weight excluding hydrogens is 217 g/mol. The number of rotatable bonds is 2. The van der Waals surface area contributed by atoms with Gasteiger partial charge in [0.25, 0.3) is 0 Å². The molecule has 0 amide bonds. The van der Waals surface area contributed by atoms with Gasteiger partial charge in [0.05, 0.1) is 0 Å². The number of nitrogens with two attached hydrogens (primary N) is 1. The zero-order valence-electron chi connectivity index (χ0n) is 7.96. The van der Waals surface area contributed by atoms with Crippen molar-refractivity contribution in [1.29, 1.82) is 0 Å². The molecule has 0 fully saturated rings. The van der Waals surface area contributed by atoms with Gasteiger partial charge in [0.15, 0.2) is 0 Å². The summed E-state index contributed by atoms with van der Waals surface area (Å²) in [6.07, 6.45) is 0.655. The molecule has 0 aliphatic heterocycles. The first kappa shape index (κ1) is 10.8. The topological polar surface area (TPSA) is 92.8 Å². The molecular formula is C9H12NO4P. The van der Waals surface area contributed by atoms with E-state index in [2.05, 4.69) is 4.52 Å². The zero-order valence-corrected chi connectivity index (χ0v) is 8.85. The molecule has 0 saturated carbocycles. The Kier molecular flexibility index (Phi) is 2.45. The molecule has 5 nitrogen and oxygen atoms in total. The van der Waals surface area contributed by atoms with E-state index < -0.39 is 13.5 Å². The monoisotopic (exact) mass is 229 g/mol. The smallest absolute Gasteiger partial charge is 0.303 e. The Labute approximate surface area is 87.1 Å². The third kappa shape index (κ3) is 2.45. The number of benzene rings is 1. The van der Waals surface area contributed by atoms with Crippen molar-refractivity contribution in [3.63, 3.8) is 0 Å². The van der Waals surface area contributed by atoms with E-state index in [1.807, 2.05) is 24.3 Å². The van der Waals surface area contributed by atoms with Crippen molar-refractivity contribution in [1.82, 2.24) is 0 Å². The molecule has 15 heavy (non-hydrogen) atoms. The van der Waals surface area contributed by atoms with Gasteiger partial charge in [0.1, 0.15) is 5.72 Å². The van der Waals surface area contributed by atoms with Crippen LogP contribution in [0.15, 0.2) is 24.3 Å². The van der Waals surface area contributed by atoms with E-state index in [1.54, 1.807) is 0 Å². The van der Waals surface area contributed by atoms with Gasteiger partial charge in [-0.05, 0) is 11.1 Å². The maximum absolute atomic E-state index is 10.7. The van der Waals surface area contributed by atoms with Crippen LogP contribution >= 0.6 is 7.82 Å². The van der Waals surface area contributed by atoms with Crippen molar-refractivity contribution < 1.29 is 18.9 Å². The lowest BCUT2D eigenvalue weighted by molar-refractivity contribution is 0.0480. The quantitative estimate of drug-likeness (QED) is 0.508. The van der Waals surface area contributed by atoms with E-state index in [-0.39, 0.29) is 0 Å². The Balaban J connectivity index is 2.21. The van der Waals surface area contributed by atoms with Crippen LogP contribution in [0.5, 0.6) is 0 Å². The minimum Gasteiger partial charge on any atom is -0.303 e. The number of hydrogen-bond donors (Lipinski definition) is 3. The predicted molar refractivity (Wildman–Crippen MR) is 53.9 cm³/mol. The molecule has 0 heterocycles. The van der Waals surface area contributed by atoms with Crippen LogP contribution in [-0.2, 0) is 21.9 Å². The lowest BCUT2D eigenvalue weighted by atomic mass is 10.1. The van der Waals surface area contributed by atoms with E-state index in [0.717, 1.165) is 11.1 Å². The summed E-state index contributed by atoms with van der Waals surface area (Å²) in [4.78, 5) is 17.5. The van der Waals surface area contributed by atoms with Crippen molar-refractivity contribution >= 4 is 7.82 Å². The van der Waals surface area contributed by atoms with Gasteiger partial charge >= 0.3 is 7.82 Å². The molecule has 1 aliphatic carbocycles. The van der Waals surface area contributed by atoms with Crippen LogP contribution in [0, 0.1) is 0 Å². The third-order valence-corrected chi connectivity index (χ3v) is 3.00. The molecule has 4 N–H and O–H groups in total. The van der Waals surface area contributed by atoms with Crippen LogP contribution in [0.25, 0.3) is 0 Å². The highest BCUT2D eigenvalue weighted by atomic mass is 31.2. The van der Waals surface area contributed by atoms with Crippen LogP contribution in [0.1, 0.15) is 11.1 Å². The standard InChI is InChI=1S/C9H12NO4P/c10-9(14-15(11,12)13)5-7-3-1-2-4-8(7)6-9/h1-4H,5-6,10H2,(H2,11,12,13). The van der Waals surface area contributed by atoms with Crippen LogP contribution < -0.4 is 5.73 Å². The molecule has 82 valence electrons. The minimum atomic E-state index is -4.53. The second-order valence-electron chi connectivity index (χ2n) is 3.77. The summed E-state index contributed by atoms with van der Waals surface area (Å²) in [6, 6.07) is 7.49. The molecule has 0 bridgehead atoms. The number of fused-ring (bicyclic) bond motifs is 1. The van der Waals surface area contributed by atoms with Crippen LogP contribution in [0.4, 0.5) is 0 Å². The molecule has 0 spiro atoms. The Hall–Kier alpha value is -0.710. The van der Waals surface area contributed by atoms with E-state index in [1.165, 1.54) is 0 Å². The van der Waals surface area contributed by atoms with Crippen LogP contribution in [0.3, 0.4) is 0 Å². The van der Waals surface area contributed by atoms with Crippen molar-refractivity contribution in [2.24, 2.45) is 5.73 Å². The van der Waals surface area contributed by atoms with Crippen molar-refractivity contribution in [3.05, 3.63) is 35.4 Å².